The van der Waals surface area contributed by atoms with Gasteiger partial charge in [-0.15, -0.1) is 0 Å². The molecule has 2 rings (SSSR count). The molecule has 1 aromatic rings. The number of halogens is 2. The van der Waals surface area contributed by atoms with Gasteiger partial charge in [-0.2, -0.15) is 0 Å². The van der Waals surface area contributed by atoms with Crippen molar-refractivity contribution in [2.75, 3.05) is 46.4 Å². The van der Waals surface area contributed by atoms with Crippen LogP contribution < -0.4 is 10.6 Å². The molecule has 0 spiro atoms. The molecule has 0 atom stereocenters. The topological polar surface area (TPSA) is 48.9 Å². The molecule has 0 bridgehead atoms. The van der Waals surface area contributed by atoms with E-state index in [1.807, 2.05) is 6.92 Å². The second kappa shape index (κ2) is 11.9. The van der Waals surface area contributed by atoms with Crippen molar-refractivity contribution in [1.29, 1.82) is 0 Å². The van der Waals surface area contributed by atoms with E-state index in [1.165, 1.54) is 6.07 Å². The average molecular weight is 382 g/mol. The lowest BCUT2D eigenvalue weighted by molar-refractivity contribution is 0.155. The Morgan fingerprint density at radius 3 is 2.78 bits per heavy atom. The summed E-state index contributed by atoms with van der Waals surface area (Å²) in [7, 11) is 1.74. The fourth-order valence-electron chi connectivity index (χ4n) is 3.27. The lowest BCUT2D eigenvalue weighted by atomic mass is 10.1. The van der Waals surface area contributed by atoms with E-state index in [4.69, 9.17) is 4.74 Å². The highest BCUT2D eigenvalue weighted by atomic mass is 19.1. The van der Waals surface area contributed by atoms with Crippen molar-refractivity contribution in [2.45, 2.75) is 38.6 Å². The maximum absolute atomic E-state index is 13.7. The van der Waals surface area contributed by atoms with E-state index in [-0.39, 0.29) is 5.82 Å². The van der Waals surface area contributed by atoms with Gasteiger partial charge in [0.25, 0.3) is 0 Å². The number of nitrogens with zero attached hydrogens (tertiary/aromatic N) is 2. The van der Waals surface area contributed by atoms with Crippen molar-refractivity contribution >= 4 is 5.96 Å². The smallest absolute Gasteiger partial charge is 0.191 e. The van der Waals surface area contributed by atoms with Gasteiger partial charge in [0, 0.05) is 52.5 Å². The van der Waals surface area contributed by atoms with Crippen molar-refractivity contribution in [3.05, 3.63) is 35.4 Å². The molecule has 0 aromatic heterocycles. The normalized spacial score (nSPS) is 16.5. The summed E-state index contributed by atoms with van der Waals surface area (Å²) in [6.07, 6.45) is 3.57. The lowest BCUT2D eigenvalue weighted by Gasteiger charge is -2.33. The van der Waals surface area contributed by atoms with Crippen LogP contribution in [0.2, 0.25) is 0 Å². The summed E-state index contributed by atoms with van der Waals surface area (Å²) in [6, 6.07) is 3.92. The SMILES string of the molecule is CCNC(=NCCc1cc(F)ccc1F)NC1CCN(CCCOC)CC1. The molecule has 1 heterocycles. The van der Waals surface area contributed by atoms with Gasteiger partial charge in [0.1, 0.15) is 11.6 Å². The first-order valence-corrected chi connectivity index (χ1v) is 9.82. The molecule has 5 nitrogen and oxygen atoms in total. The quantitative estimate of drug-likeness (QED) is 0.392. The zero-order chi connectivity index (χ0) is 19.5. The molecular formula is C20H32F2N4O. The first kappa shape index (κ1) is 21.6. The standard InChI is InChI=1S/C20H32F2N4O/c1-3-23-20(24-10-7-16-15-17(21)5-6-19(16)22)25-18-8-12-26(13-9-18)11-4-14-27-2/h5-6,15,18H,3-4,7-14H2,1-2H3,(H2,23,24,25). The van der Waals surface area contributed by atoms with Gasteiger partial charge in [-0.05, 0) is 56.4 Å². The number of rotatable bonds is 9. The summed E-state index contributed by atoms with van der Waals surface area (Å²) in [4.78, 5) is 6.99. The molecule has 1 aliphatic heterocycles. The lowest BCUT2D eigenvalue weighted by Crippen LogP contribution is -2.49. The summed E-state index contributed by atoms with van der Waals surface area (Å²) in [6.45, 7) is 7.20. The number of aliphatic imine (C=N–C) groups is 1. The van der Waals surface area contributed by atoms with Crippen molar-refractivity contribution in [3.8, 4) is 0 Å². The molecule has 0 saturated carbocycles. The third kappa shape index (κ3) is 7.81. The molecule has 1 fully saturated rings. The highest BCUT2D eigenvalue weighted by molar-refractivity contribution is 5.80. The largest absolute Gasteiger partial charge is 0.385 e. The van der Waals surface area contributed by atoms with Crippen LogP contribution in [-0.2, 0) is 11.2 Å². The molecule has 0 amide bonds. The fraction of sp³-hybridized carbons (Fsp3) is 0.650. The van der Waals surface area contributed by atoms with Crippen LogP contribution in [0.1, 0.15) is 31.7 Å². The first-order chi connectivity index (χ1) is 13.1. The van der Waals surface area contributed by atoms with Crippen LogP contribution in [0.5, 0.6) is 0 Å². The van der Waals surface area contributed by atoms with E-state index < -0.39 is 5.82 Å². The van der Waals surface area contributed by atoms with Gasteiger partial charge >= 0.3 is 0 Å². The number of benzene rings is 1. The van der Waals surface area contributed by atoms with Crippen LogP contribution in [0.4, 0.5) is 8.78 Å². The van der Waals surface area contributed by atoms with Crippen LogP contribution >= 0.6 is 0 Å². The molecule has 2 N–H and O–H groups in total. The van der Waals surface area contributed by atoms with Gasteiger partial charge in [0.15, 0.2) is 5.96 Å². The Hall–Kier alpha value is -1.73. The van der Waals surface area contributed by atoms with E-state index >= 15 is 0 Å². The predicted octanol–water partition coefficient (Wildman–Crippen LogP) is 2.56. The Kier molecular flexibility index (Phi) is 9.48. The summed E-state index contributed by atoms with van der Waals surface area (Å²) in [5.74, 6) is -0.0600. The maximum atomic E-state index is 13.7. The Balaban J connectivity index is 1.79. The molecule has 7 heteroatoms. The van der Waals surface area contributed by atoms with Crippen LogP contribution in [0.3, 0.4) is 0 Å². The zero-order valence-corrected chi connectivity index (χ0v) is 16.4. The molecule has 1 aliphatic rings. The molecule has 0 unspecified atom stereocenters. The van der Waals surface area contributed by atoms with Gasteiger partial charge in [-0.1, -0.05) is 0 Å². The molecule has 152 valence electrons. The fourth-order valence-corrected chi connectivity index (χ4v) is 3.27. The Morgan fingerprint density at radius 2 is 2.07 bits per heavy atom. The van der Waals surface area contributed by atoms with Gasteiger partial charge in [-0.3, -0.25) is 4.99 Å². The number of ether oxygens (including phenoxy) is 1. The molecule has 0 radical (unpaired) electrons. The van der Waals surface area contributed by atoms with E-state index in [0.29, 0.717) is 24.6 Å². The van der Waals surface area contributed by atoms with Gasteiger partial charge in [0.05, 0.1) is 0 Å². The third-order valence-electron chi connectivity index (χ3n) is 4.75. The molecule has 1 aromatic carbocycles. The van der Waals surface area contributed by atoms with Crippen LogP contribution in [-0.4, -0.2) is 63.3 Å². The summed E-state index contributed by atoms with van der Waals surface area (Å²) < 4.78 is 32.1. The van der Waals surface area contributed by atoms with Crippen molar-refractivity contribution in [1.82, 2.24) is 15.5 Å². The number of nitrogens with one attached hydrogen (secondary N) is 2. The number of piperidine rings is 1. The van der Waals surface area contributed by atoms with Crippen molar-refractivity contribution in [2.24, 2.45) is 4.99 Å². The highest BCUT2D eigenvalue weighted by Gasteiger charge is 2.19. The Bertz CT molecular complexity index is 589. The maximum Gasteiger partial charge on any atom is 0.191 e. The van der Waals surface area contributed by atoms with E-state index in [1.54, 1.807) is 7.11 Å². The molecule has 27 heavy (non-hydrogen) atoms. The Morgan fingerprint density at radius 1 is 1.30 bits per heavy atom. The second-order valence-corrected chi connectivity index (χ2v) is 6.85. The van der Waals surface area contributed by atoms with Crippen molar-refractivity contribution in [3.63, 3.8) is 0 Å². The minimum Gasteiger partial charge on any atom is -0.385 e. The second-order valence-electron chi connectivity index (χ2n) is 6.85. The van der Waals surface area contributed by atoms with Crippen LogP contribution in [0.15, 0.2) is 23.2 Å². The predicted molar refractivity (Wildman–Crippen MR) is 105 cm³/mol. The highest BCUT2D eigenvalue weighted by Crippen LogP contribution is 2.12. The van der Waals surface area contributed by atoms with E-state index in [9.17, 15) is 8.78 Å². The Labute approximate surface area is 161 Å². The zero-order valence-electron chi connectivity index (χ0n) is 16.4. The molecular weight excluding hydrogens is 350 g/mol. The summed E-state index contributed by atoms with van der Waals surface area (Å²) in [5.41, 5.74) is 0.360. The monoisotopic (exact) mass is 382 g/mol. The average Bonchev–Trinajstić information content (AvgIpc) is 2.66. The van der Waals surface area contributed by atoms with E-state index in [2.05, 4.69) is 20.5 Å². The molecule has 1 saturated heterocycles. The first-order valence-electron chi connectivity index (χ1n) is 9.82. The third-order valence-corrected chi connectivity index (χ3v) is 4.75. The number of hydrogen-bond donors (Lipinski definition) is 2. The minimum atomic E-state index is -0.419. The van der Waals surface area contributed by atoms with Crippen LogP contribution in [0, 0.1) is 11.6 Å². The molecule has 0 aliphatic carbocycles. The number of guanidine groups is 1. The minimum absolute atomic E-state index is 0.360. The van der Waals surface area contributed by atoms with Crippen LogP contribution in [0.25, 0.3) is 0 Å². The van der Waals surface area contributed by atoms with E-state index in [0.717, 1.165) is 70.1 Å². The number of hydrogen-bond acceptors (Lipinski definition) is 3. The summed E-state index contributed by atoms with van der Waals surface area (Å²) in [5, 5.41) is 6.71. The summed E-state index contributed by atoms with van der Waals surface area (Å²) >= 11 is 0. The van der Waals surface area contributed by atoms with Crippen molar-refractivity contribution < 1.29 is 13.5 Å². The number of methoxy groups -OCH3 is 1. The van der Waals surface area contributed by atoms with Gasteiger partial charge in [0.2, 0.25) is 0 Å². The van der Waals surface area contributed by atoms with Gasteiger partial charge < -0.3 is 20.3 Å². The van der Waals surface area contributed by atoms with Gasteiger partial charge in [-0.25, -0.2) is 8.78 Å². The number of likely N-dealkylation sites (tertiary alicyclic amines) is 1.